The molecule has 0 saturated carbocycles. The summed E-state index contributed by atoms with van der Waals surface area (Å²) in [5.74, 6) is 0.724. The Morgan fingerprint density at radius 2 is 1.81 bits per heavy atom. The molecule has 0 radical (unpaired) electrons. The van der Waals surface area contributed by atoms with Crippen LogP contribution >= 0.6 is 0 Å². The van der Waals surface area contributed by atoms with Gasteiger partial charge in [0.25, 0.3) is 5.91 Å². The highest BCUT2D eigenvalue weighted by atomic mass is 19.4. The summed E-state index contributed by atoms with van der Waals surface area (Å²) < 4.78 is 49.4. The number of methoxy groups -OCH3 is 2. The fourth-order valence-electron chi connectivity index (χ4n) is 3.41. The zero-order valence-electron chi connectivity index (χ0n) is 15.0. The van der Waals surface area contributed by atoms with E-state index in [9.17, 15) is 18.0 Å². The number of likely N-dealkylation sites (tertiary alicyclic amines) is 1. The lowest BCUT2D eigenvalue weighted by Gasteiger charge is -2.26. The van der Waals surface area contributed by atoms with Crippen molar-refractivity contribution >= 4 is 5.91 Å². The summed E-state index contributed by atoms with van der Waals surface area (Å²) in [4.78, 5) is 14.5. The van der Waals surface area contributed by atoms with Gasteiger partial charge < -0.3 is 14.4 Å². The van der Waals surface area contributed by atoms with Gasteiger partial charge in [-0.2, -0.15) is 13.2 Å². The number of halogens is 3. The molecule has 2 aromatic rings. The summed E-state index contributed by atoms with van der Waals surface area (Å²) in [5.41, 5.74) is 0.0814. The number of hydrogen-bond donors (Lipinski definition) is 0. The van der Waals surface area contributed by atoms with Gasteiger partial charge in [0.15, 0.2) is 11.5 Å². The summed E-state index contributed by atoms with van der Waals surface area (Å²) in [7, 11) is 3.07. The van der Waals surface area contributed by atoms with Crippen molar-refractivity contribution in [1.29, 1.82) is 0 Å². The van der Waals surface area contributed by atoms with Gasteiger partial charge in [-0.15, -0.1) is 0 Å². The average molecular weight is 379 g/mol. The number of nitrogens with zero attached hydrogens (tertiary/aromatic N) is 1. The molecule has 7 heteroatoms. The number of amides is 1. The summed E-state index contributed by atoms with van der Waals surface area (Å²) in [6.07, 6.45) is -2.96. The quantitative estimate of drug-likeness (QED) is 0.773. The highest BCUT2D eigenvalue weighted by Gasteiger charge is 2.34. The van der Waals surface area contributed by atoms with Crippen molar-refractivity contribution in [3.63, 3.8) is 0 Å². The summed E-state index contributed by atoms with van der Waals surface area (Å²) in [6.45, 7) is 0.494. The number of benzene rings is 2. The van der Waals surface area contributed by atoms with Gasteiger partial charge in [0.2, 0.25) is 0 Å². The van der Waals surface area contributed by atoms with Crippen LogP contribution in [0.5, 0.6) is 11.5 Å². The molecule has 1 atom stereocenters. The smallest absolute Gasteiger partial charge is 0.416 e. The first-order valence-corrected chi connectivity index (χ1v) is 8.55. The Morgan fingerprint density at radius 1 is 1.07 bits per heavy atom. The third kappa shape index (κ3) is 3.86. The highest BCUT2D eigenvalue weighted by Crippen LogP contribution is 2.38. The van der Waals surface area contributed by atoms with E-state index in [-0.39, 0.29) is 11.6 Å². The van der Waals surface area contributed by atoms with Gasteiger partial charge in [0.05, 0.1) is 25.8 Å². The van der Waals surface area contributed by atoms with Crippen LogP contribution in [0.2, 0.25) is 0 Å². The molecule has 2 aromatic carbocycles. The van der Waals surface area contributed by atoms with E-state index in [1.165, 1.54) is 26.4 Å². The maximum atomic E-state index is 13.0. The van der Waals surface area contributed by atoms with Crippen LogP contribution in [0.1, 0.15) is 40.4 Å². The molecule has 1 amide bonds. The molecule has 1 aliphatic rings. The fourth-order valence-corrected chi connectivity index (χ4v) is 3.41. The molecule has 0 spiro atoms. The Kier molecular flexibility index (Phi) is 5.30. The predicted molar refractivity (Wildman–Crippen MR) is 94.0 cm³/mol. The van der Waals surface area contributed by atoms with Crippen LogP contribution in [0, 0.1) is 0 Å². The van der Waals surface area contributed by atoms with Crippen molar-refractivity contribution in [2.45, 2.75) is 25.1 Å². The number of carbonyl (C=O) groups is 1. The minimum absolute atomic E-state index is 0.0391. The lowest BCUT2D eigenvalue weighted by atomic mass is 10.0. The van der Waals surface area contributed by atoms with Gasteiger partial charge in [-0.05, 0) is 48.7 Å². The van der Waals surface area contributed by atoms with Crippen LogP contribution in [0.25, 0.3) is 0 Å². The molecule has 1 fully saturated rings. The van der Waals surface area contributed by atoms with Crippen LogP contribution in [0.3, 0.4) is 0 Å². The Balaban J connectivity index is 1.89. The van der Waals surface area contributed by atoms with E-state index in [0.717, 1.165) is 30.5 Å². The molecule has 0 aliphatic carbocycles. The Labute approximate surface area is 155 Å². The first kappa shape index (κ1) is 19.1. The minimum atomic E-state index is -4.48. The molecular weight excluding hydrogens is 359 g/mol. The topological polar surface area (TPSA) is 38.8 Å². The van der Waals surface area contributed by atoms with Gasteiger partial charge in [-0.25, -0.2) is 0 Å². The SMILES string of the molecule is COc1ccc(C2CCCN2C(=O)c2cccc(C(F)(F)F)c2)cc1OC. The maximum Gasteiger partial charge on any atom is 0.416 e. The van der Waals surface area contributed by atoms with Gasteiger partial charge in [-0.1, -0.05) is 12.1 Å². The molecule has 3 rings (SSSR count). The average Bonchev–Trinajstić information content (AvgIpc) is 3.16. The molecule has 0 bridgehead atoms. The van der Waals surface area contributed by atoms with E-state index >= 15 is 0 Å². The standard InChI is InChI=1S/C20H20F3NO3/c1-26-17-9-8-13(12-18(17)27-2)16-7-4-10-24(16)19(25)14-5-3-6-15(11-14)20(21,22)23/h3,5-6,8-9,11-12,16H,4,7,10H2,1-2H3. The lowest BCUT2D eigenvalue weighted by molar-refractivity contribution is -0.137. The van der Waals surface area contributed by atoms with Crippen molar-refractivity contribution in [1.82, 2.24) is 4.90 Å². The van der Waals surface area contributed by atoms with E-state index in [2.05, 4.69) is 0 Å². The molecule has 144 valence electrons. The van der Waals surface area contributed by atoms with Crippen LogP contribution in [0.15, 0.2) is 42.5 Å². The third-order valence-corrected chi connectivity index (χ3v) is 4.74. The van der Waals surface area contributed by atoms with Gasteiger partial charge in [0.1, 0.15) is 0 Å². The summed E-state index contributed by atoms with van der Waals surface area (Å²) in [5, 5.41) is 0. The summed E-state index contributed by atoms with van der Waals surface area (Å²) in [6, 6.07) is 9.76. The minimum Gasteiger partial charge on any atom is -0.493 e. The molecule has 4 nitrogen and oxygen atoms in total. The molecule has 0 aromatic heterocycles. The largest absolute Gasteiger partial charge is 0.493 e. The first-order valence-electron chi connectivity index (χ1n) is 8.55. The van der Waals surface area contributed by atoms with E-state index in [1.54, 1.807) is 17.0 Å². The van der Waals surface area contributed by atoms with Crippen molar-refractivity contribution in [2.75, 3.05) is 20.8 Å². The van der Waals surface area contributed by atoms with E-state index < -0.39 is 17.6 Å². The number of carbonyl (C=O) groups excluding carboxylic acids is 1. The van der Waals surface area contributed by atoms with E-state index in [1.807, 2.05) is 6.07 Å². The van der Waals surface area contributed by atoms with Crippen LogP contribution in [-0.4, -0.2) is 31.6 Å². The van der Waals surface area contributed by atoms with E-state index in [4.69, 9.17) is 9.47 Å². The molecule has 1 saturated heterocycles. The molecule has 0 N–H and O–H groups in total. The highest BCUT2D eigenvalue weighted by molar-refractivity contribution is 5.95. The van der Waals surface area contributed by atoms with Crippen molar-refractivity contribution in [3.8, 4) is 11.5 Å². The number of ether oxygens (including phenoxy) is 2. The van der Waals surface area contributed by atoms with Crippen molar-refractivity contribution in [2.24, 2.45) is 0 Å². The zero-order valence-corrected chi connectivity index (χ0v) is 15.0. The number of rotatable bonds is 4. The molecule has 1 unspecified atom stereocenters. The number of alkyl halides is 3. The molecular formula is C20H20F3NO3. The van der Waals surface area contributed by atoms with Gasteiger partial charge >= 0.3 is 6.18 Å². The van der Waals surface area contributed by atoms with E-state index in [0.29, 0.717) is 18.0 Å². The van der Waals surface area contributed by atoms with Crippen molar-refractivity contribution in [3.05, 3.63) is 59.2 Å². The van der Waals surface area contributed by atoms with Crippen LogP contribution < -0.4 is 9.47 Å². The second-order valence-electron chi connectivity index (χ2n) is 6.35. The molecule has 27 heavy (non-hydrogen) atoms. The fraction of sp³-hybridized carbons (Fsp3) is 0.350. The van der Waals surface area contributed by atoms with Crippen LogP contribution in [-0.2, 0) is 6.18 Å². The predicted octanol–water partition coefficient (Wildman–Crippen LogP) is 4.70. The normalized spacial score (nSPS) is 17.1. The molecule has 1 aliphatic heterocycles. The number of hydrogen-bond acceptors (Lipinski definition) is 3. The Hall–Kier alpha value is -2.70. The zero-order chi connectivity index (χ0) is 19.6. The molecule has 1 heterocycles. The maximum absolute atomic E-state index is 13.0. The second kappa shape index (κ2) is 7.50. The first-order chi connectivity index (χ1) is 12.8. The lowest BCUT2D eigenvalue weighted by Crippen LogP contribution is -2.30. The Morgan fingerprint density at radius 3 is 2.48 bits per heavy atom. The third-order valence-electron chi connectivity index (χ3n) is 4.74. The monoisotopic (exact) mass is 379 g/mol. The van der Waals surface area contributed by atoms with Crippen molar-refractivity contribution < 1.29 is 27.4 Å². The second-order valence-corrected chi connectivity index (χ2v) is 6.35. The van der Waals surface area contributed by atoms with Gasteiger partial charge in [0, 0.05) is 12.1 Å². The summed E-state index contributed by atoms with van der Waals surface area (Å²) >= 11 is 0. The van der Waals surface area contributed by atoms with Gasteiger partial charge in [-0.3, -0.25) is 4.79 Å². The Bertz CT molecular complexity index is 835. The van der Waals surface area contributed by atoms with Crippen LogP contribution in [0.4, 0.5) is 13.2 Å².